The van der Waals surface area contributed by atoms with E-state index in [1.165, 1.54) is 0 Å². The highest BCUT2D eigenvalue weighted by atomic mass is 32.2. The molecule has 0 bridgehead atoms. The van der Waals surface area contributed by atoms with E-state index in [9.17, 15) is 0 Å². The molecule has 0 unspecified atom stereocenters. The van der Waals surface area contributed by atoms with Gasteiger partial charge in [0, 0.05) is 16.7 Å². The van der Waals surface area contributed by atoms with Crippen LogP contribution in [0.4, 0.5) is 29.1 Å². The van der Waals surface area contributed by atoms with Crippen LogP contribution >= 0.6 is 11.8 Å². The average molecular weight is 338 g/mol. The third-order valence-corrected chi connectivity index (χ3v) is 4.05. The summed E-state index contributed by atoms with van der Waals surface area (Å²) >= 11 is 1.66. The van der Waals surface area contributed by atoms with Crippen molar-refractivity contribution in [3.63, 3.8) is 0 Å². The van der Waals surface area contributed by atoms with Crippen molar-refractivity contribution in [2.75, 3.05) is 22.6 Å². The van der Waals surface area contributed by atoms with Crippen LogP contribution in [0.5, 0.6) is 0 Å². The predicted molar refractivity (Wildman–Crippen MR) is 100 cm³/mol. The summed E-state index contributed by atoms with van der Waals surface area (Å²) < 4.78 is 0. The lowest BCUT2D eigenvalue weighted by Crippen LogP contribution is -2.04. The Hall–Kier alpha value is -2.80. The maximum absolute atomic E-state index is 5.84. The van der Waals surface area contributed by atoms with E-state index < -0.39 is 0 Å². The quantitative estimate of drug-likeness (QED) is 0.606. The standard InChI is InChI=1S/C17H18N6S/c1-11-6-5-9-14(19-11)21-16-10-15(22-17(18)23-16)20-12-7-3-4-8-13(12)24-2/h3-10H,1-2H3,(H4,18,19,20,21,22,23). The van der Waals surface area contributed by atoms with Crippen LogP contribution in [0.25, 0.3) is 0 Å². The molecule has 4 N–H and O–H groups in total. The Bertz CT molecular complexity index is 852. The van der Waals surface area contributed by atoms with Crippen LogP contribution in [-0.2, 0) is 0 Å². The van der Waals surface area contributed by atoms with E-state index in [0.717, 1.165) is 16.3 Å². The van der Waals surface area contributed by atoms with E-state index in [0.29, 0.717) is 17.5 Å². The van der Waals surface area contributed by atoms with Crippen LogP contribution in [0.1, 0.15) is 5.69 Å². The average Bonchev–Trinajstić information content (AvgIpc) is 2.55. The number of benzene rings is 1. The summed E-state index contributed by atoms with van der Waals surface area (Å²) in [4.78, 5) is 14.0. The molecule has 3 rings (SSSR count). The second-order valence-electron chi connectivity index (χ2n) is 5.11. The third-order valence-electron chi connectivity index (χ3n) is 3.26. The maximum atomic E-state index is 5.84. The molecule has 2 aromatic heterocycles. The number of nitrogens with two attached hydrogens (primary N) is 1. The fourth-order valence-electron chi connectivity index (χ4n) is 2.22. The van der Waals surface area contributed by atoms with Crippen molar-refractivity contribution in [1.82, 2.24) is 15.0 Å². The van der Waals surface area contributed by atoms with Crippen LogP contribution in [0, 0.1) is 6.92 Å². The molecule has 1 aromatic carbocycles. The van der Waals surface area contributed by atoms with Crippen LogP contribution in [0.15, 0.2) is 53.4 Å². The summed E-state index contributed by atoms with van der Waals surface area (Å²) in [6.45, 7) is 1.94. The molecular formula is C17H18N6S. The minimum absolute atomic E-state index is 0.191. The predicted octanol–water partition coefficient (Wildman–Crippen LogP) is 3.97. The first-order valence-corrected chi connectivity index (χ1v) is 8.62. The zero-order valence-corrected chi connectivity index (χ0v) is 14.3. The van der Waals surface area contributed by atoms with Crippen LogP contribution < -0.4 is 16.4 Å². The molecule has 0 aliphatic carbocycles. The van der Waals surface area contributed by atoms with Gasteiger partial charge in [-0.05, 0) is 37.4 Å². The van der Waals surface area contributed by atoms with Crippen LogP contribution in [0.3, 0.4) is 0 Å². The zero-order chi connectivity index (χ0) is 16.9. The van der Waals surface area contributed by atoms with Gasteiger partial charge in [-0.1, -0.05) is 18.2 Å². The molecule has 0 amide bonds. The van der Waals surface area contributed by atoms with Gasteiger partial charge >= 0.3 is 0 Å². The molecule has 2 heterocycles. The van der Waals surface area contributed by atoms with Crippen LogP contribution in [-0.4, -0.2) is 21.2 Å². The largest absolute Gasteiger partial charge is 0.368 e. The number of nitrogens with zero attached hydrogens (tertiary/aromatic N) is 3. The van der Waals surface area contributed by atoms with Crippen molar-refractivity contribution in [3.8, 4) is 0 Å². The minimum Gasteiger partial charge on any atom is -0.368 e. The lowest BCUT2D eigenvalue weighted by molar-refractivity contribution is 1.15. The number of nitrogen functional groups attached to an aromatic ring is 1. The first kappa shape index (κ1) is 16.1. The zero-order valence-electron chi connectivity index (χ0n) is 13.4. The Balaban J connectivity index is 1.86. The molecule has 6 nitrogen and oxygen atoms in total. The normalized spacial score (nSPS) is 10.4. The second kappa shape index (κ2) is 7.18. The van der Waals surface area contributed by atoms with E-state index in [4.69, 9.17) is 5.73 Å². The molecule has 3 aromatic rings. The van der Waals surface area contributed by atoms with Crippen molar-refractivity contribution in [2.24, 2.45) is 0 Å². The smallest absolute Gasteiger partial charge is 0.223 e. The van der Waals surface area contributed by atoms with Gasteiger partial charge in [-0.15, -0.1) is 11.8 Å². The molecule has 0 aliphatic rings. The Labute approximate surface area is 144 Å². The summed E-state index contributed by atoms with van der Waals surface area (Å²) in [6, 6.07) is 15.6. The number of rotatable bonds is 5. The van der Waals surface area contributed by atoms with Gasteiger partial charge in [0.1, 0.15) is 17.5 Å². The van der Waals surface area contributed by atoms with E-state index >= 15 is 0 Å². The number of aromatic nitrogens is 3. The van der Waals surface area contributed by atoms with Gasteiger partial charge < -0.3 is 16.4 Å². The molecule has 0 saturated heterocycles. The monoisotopic (exact) mass is 338 g/mol. The molecular weight excluding hydrogens is 320 g/mol. The van der Waals surface area contributed by atoms with Crippen molar-refractivity contribution < 1.29 is 0 Å². The third kappa shape index (κ3) is 3.94. The molecule has 0 atom stereocenters. The fourth-order valence-corrected chi connectivity index (χ4v) is 2.78. The number of hydrogen-bond acceptors (Lipinski definition) is 7. The molecule has 0 saturated carbocycles. The van der Waals surface area contributed by atoms with E-state index in [1.54, 1.807) is 17.8 Å². The van der Waals surface area contributed by atoms with Crippen molar-refractivity contribution in [2.45, 2.75) is 11.8 Å². The fraction of sp³-hybridized carbons (Fsp3) is 0.118. The van der Waals surface area contributed by atoms with Crippen molar-refractivity contribution >= 4 is 40.9 Å². The molecule has 24 heavy (non-hydrogen) atoms. The molecule has 0 radical (unpaired) electrons. The SMILES string of the molecule is CSc1ccccc1Nc1cc(Nc2cccc(C)n2)nc(N)n1. The van der Waals surface area contributed by atoms with Crippen molar-refractivity contribution in [3.05, 3.63) is 54.2 Å². The summed E-state index contributed by atoms with van der Waals surface area (Å²) in [6.07, 6.45) is 2.03. The van der Waals surface area contributed by atoms with Gasteiger partial charge in [-0.25, -0.2) is 4.98 Å². The highest BCUT2D eigenvalue weighted by Crippen LogP contribution is 2.28. The number of nitrogens with one attached hydrogen (secondary N) is 2. The number of hydrogen-bond donors (Lipinski definition) is 3. The molecule has 0 fully saturated rings. The first-order chi connectivity index (χ1) is 11.6. The summed E-state index contributed by atoms with van der Waals surface area (Å²) in [5, 5.41) is 6.44. The Kier molecular flexibility index (Phi) is 4.81. The number of aryl methyl sites for hydroxylation is 1. The molecule has 122 valence electrons. The Morgan fingerprint density at radius 2 is 1.62 bits per heavy atom. The van der Waals surface area contributed by atoms with Gasteiger partial charge in [0.25, 0.3) is 0 Å². The number of thioether (sulfide) groups is 1. The molecule has 0 spiro atoms. The topological polar surface area (TPSA) is 88.8 Å². The molecule has 0 aliphatic heterocycles. The van der Waals surface area contributed by atoms with Gasteiger partial charge in [-0.2, -0.15) is 9.97 Å². The Morgan fingerprint density at radius 3 is 2.38 bits per heavy atom. The lowest BCUT2D eigenvalue weighted by Gasteiger charge is -2.12. The number of anilines is 5. The lowest BCUT2D eigenvalue weighted by atomic mass is 10.3. The first-order valence-electron chi connectivity index (χ1n) is 7.39. The van der Waals surface area contributed by atoms with Gasteiger partial charge in [0.15, 0.2) is 0 Å². The molecule has 7 heteroatoms. The highest BCUT2D eigenvalue weighted by molar-refractivity contribution is 7.98. The van der Waals surface area contributed by atoms with Gasteiger partial charge in [0.2, 0.25) is 5.95 Å². The van der Waals surface area contributed by atoms with E-state index in [1.807, 2.05) is 55.6 Å². The highest BCUT2D eigenvalue weighted by Gasteiger charge is 2.06. The van der Waals surface area contributed by atoms with E-state index in [-0.39, 0.29) is 5.95 Å². The van der Waals surface area contributed by atoms with Crippen LogP contribution in [0.2, 0.25) is 0 Å². The summed E-state index contributed by atoms with van der Waals surface area (Å²) in [5.74, 6) is 2.12. The minimum atomic E-state index is 0.191. The maximum Gasteiger partial charge on any atom is 0.223 e. The van der Waals surface area contributed by atoms with Gasteiger partial charge in [0.05, 0.1) is 5.69 Å². The van der Waals surface area contributed by atoms with Gasteiger partial charge in [-0.3, -0.25) is 0 Å². The van der Waals surface area contributed by atoms with E-state index in [2.05, 4.69) is 25.6 Å². The summed E-state index contributed by atoms with van der Waals surface area (Å²) in [5.41, 5.74) is 7.74. The Morgan fingerprint density at radius 1 is 0.875 bits per heavy atom. The van der Waals surface area contributed by atoms with Crippen molar-refractivity contribution in [1.29, 1.82) is 0 Å². The second-order valence-corrected chi connectivity index (χ2v) is 5.96. The number of pyridine rings is 1. The summed E-state index contributed by atoms with van der Waals surface area (Å²) in [7, 11) is 0. The number of para-hydroxylation sites is 1.